The van der Waals surface area contributed by atoms with Crippen molar-refractivity contribution in [1.29, 1.82) is 0 Å². The van der Waals surface area contributed by atoms with E-state index in [2.05, 4.69) is 9.89 Å². The van der Waals surface area contributed by atoms with Crippen molar-refractivity contribution in [3.63, 3.8) is 0 Å². The molecule has 6 nitrogen and oxygen atoms in total. The summed E-state index contributed by atoms with van der Waals surface area (Å²) < 4.78 is 16.0. The highest BCUT2D eigenvalue weighted by Gasteiger charge is 2.27. The van der Waals surface area contributed by atoms with Crippen molar-refractivity contribution in [3.05, 3.63) is 22.6 Å². The quantitative estimate of drug-likeness (QED) is 0.780. The van der Waals surface area contributed by atoms with Gasteiger partial charge in [-0.15, -0.1) is 0 Å². The fourth-order valence-electron chi connectivity index (χ4n) is 2.78. The molecule has 2 aliphatic heterocycles. The van der Waals surface area contributed by atoms with Gasteiger partial charge in [0.15, 0.2) is 16.7 Å². The number of hydrogen-bond acceptors (Lipinski definition) is 6. The Morgan fingerprint density at radius 2 is 1.71 bits per heavy atom. The summed E-state index contributed by atoms with van der Waals surface area (Å²) in [4.78, 5) is 19.1. The van der Waals surface area contributed by atoms with Crippen LogP contribution in [0.25, 0.3) is 6.08 Å². The number of benzene rings is 1. The number of hydrogen-bond donors (Lipinski definition) is 0. The van der Waals surface area contributed by atoms with Crippen molar-refractivity contribution in [2.24, 2.45) is 4.99 Å². The third-order valence-corrected chi connectivity index (χ3v) is 5.02. The molecule has 128 valence electrons. The number of carbonyl (C=O) groups is 1. The minimum Gasteiger partial charge on any atom is -0.493 e. The van der Waals surface area contributed by atoms with Gasteiger partial charge in [0.2, 0.25) is 5.75 Å². The SMILES string of the molecule is COc1cc(/C=C2\SC(N3CCCC3)=NC2=O)cc(OC)c1OC. The molecular weight excluding hydrogens is 328 g/mol. The Morgan fingerprint density at radius 1 is 1.08 bits per heavy atom. The predicted molar refractivity (Wildman–Crippen MR) is 94.9 cm³/mol. The summed E-state index contributed by atoms with van der Waals surface area (Å²) in [6, 6.07) is 3.63. The number of likely N-dealkylation sites (tertiary alicyclic amines) is 1. The molecule has 7 heteroatoms. The molecule has 2 aliphatic rings. The maximum Gasteiger partial charge on any atom is 0.286 e. The zero-order chi connectivity index (χ0) is 17.1. The molecular formula is C17H20N2O4S. The second-order valence-corrected chi connectivity index (χ2v) is 6.47. The van der Waals surface area contributed by atoms with Gasteiger partial charge in [-0.3, -0.25) is 4.79 Å². The van der Waals surface area contributed by atoms with Crippen LogP contribution >= 0.6 is 11.8 Å². The Kier molecular flexibility index (Phi) is 4.99. The van der Waals surface area contributed by atoms with E-state index in [4.69, 9.17) is 14.2 Å². The van der Waals surface area contributed by atoms with Gasteiger partial charge in [-0.25, -0.2) is 0 Å². The minimum atomic E-state index is -0.198. The molecule has 0 aliphatic carbocycles. The lowest BCUT2D eigenvalue weighted by Crippen LogP contribution is -2.23. The minimum absolute atomic E-state index is 0.198. The van der Waals surface area contributed by atoms with Crippen molar-refractivity contribution in [3.8, 4) is 17.2 Å². The Labute approximate surface area is 145 Å². The van der Waals surface area contributed by atoms with Crippen LogP contribution in [0.2, 0.25) is 0 Å². The van der Waals surface area contributed by atoms with Crippen LogP contribution in [0.5, 0.6) is 17.2 Å². The van der Waals surface area contributed by atoms with E-state index in [-0.39, 0.29) is 5.91 Å². The van der Waals surface area contributed by atoms with Crippen molar-refractivity contribution in [1.82, 2.24) is 4.90 Å². The van der Waals surface area contributed by atoms with Gasteiger partial charge in [-0.2, -0.15) is 4.99 Å². The van der Waals surface area contributed by atoms with Gasteiger partial charge in [0.1, 0.15) is 0 Å². The molecule has 0 radical (unpaired) electrons. The fraction of sp³-hybridized carbons (Fsp3) is 0.412. The summed E-state index contributed by atoms with van der Waals surface area (Å²) in [5.41, 5.74) is 0.804. The first-order chi connectivity index (χ1) is 11.7. The molecule has 24 heavy (non-hydrogen) atoms. The Bertz CT molecular complexity index is 684. The molecule has 0 atom stereocenters. The molecule has 0 bridgehead atoms. The Morgan fingerprint density at radius 3 is 2.25 bits per heavy atom. The Balaban J connectivity index is 1.87. The highest BCUT2D eigenvalue weighted by Crippen LogP contribution is 2.40. The monoisotopic (exact) mass is 348 g/mol. The lowest BCUT2D eigenvalue weighted by molar-refractivity contribution is -0.113. The van der Waals surface area contributed by atoms with Crippen LogP contribution in [0.4, 0.5) is 0 Å². The van der Waals surface area contributed by atoms with Crippen LogP contribution in [-0.4, -0.2) is 50.4 Å². The van der Waals surface area contributed by atoms with Gasteiger partial charge in [0.05, 0.1) is 26.2 Å². The zero-order valence-electron chi connectivity index (χ0n) is 14.0. The smallest absolute Gasteiger partial charge is 0.286 e. The molecule has 0 saturated carbocycles. The molecule has 0 unspecified atom stereocenters. The van der Waals surface area contributed by atoms with Crippen LogP contribution in [-0.2, 0) is 4.79 Å². The highest BCUT2D eigenvalue weighted by molar-refractivity contribution is 8.18. The number of amides is 1. The molecule has 1 saturated heterocycles. The van der Waals surface area contributed by atoms with E-state index >= 15 is 0 Å². The number of aliphatic imine (C=N–C) groups is 1. The van der Waals surface area contributed by atoms with Gasteiger partial charge >= 0.3 is 0 Å². The van der Waals surface area contributed by atoms with Gasteiger partial charge in [0.25, 0.3) is 5.91 Å². The number of amidine groups is 1. The summed E-state index contributed by atoms with van der Waals surface area (Å²) in [7, 11) is 4.70. The third-order valence-electron chi connectivity index (χ3n) is 3.97. The Hall–Kier alpha value is -2.15. The second-order valence-electron chi connectivity index (χ2n) is 5.46. The summed E-state index contributed by atoms with van der Waals surface area (Å²) in [5.74, 6) is 1.44. The van der Waals surface area contributed by atoms with Crippen molar-refractivity contribution in [2.45, 2.75) is 12.8 Å². The van der Waals surface area contributed by atoms with E-state index in [1.807, 2.05) is 18.2 Å². The number of rotatable bonds is 4. The lowest BCUT2D eigenvalue weighted by atomic mass is 10.1. The lowest BCUT2D eigenvalue weighted by Gasteiger charge is -2.15. The summed E-state index contributed by atoms with van der Waals surface area (Å²) in [6.07, 6.45) is 4.11. The first-order valence-electron chi connectivity index (χ1n) is 7.73. The first-order valence-corrected chi connectivity index (χ1v) is 8.55. The molecule has 3 rings (SSSR count). The molecule has 2 heterocycles. The van der Waals surface area contributed by atoms with Gasteiger partial charge in [-0.1, -0.05) is 0 Å². The summed E-state index contributed by atoms with van der Waals surface area (Å²) in [5, 5.41) is 0.802. The number of thioether (sulfide) groups is 1. The average molecular weight is 348 g/mol. The molecule has 1 aromatic rings. The normalized spacial score (nSPS) is 19.0. The van der Waals surface area contributed by atoms with E-state index in [0.29, 0.717) is 22.2 Å². The second kappa shape index (κ2) is 7.17. The van der Waals surface area contributed by atoms with Crippen LogP contribution in [0.15, 0.2) is 22.0 Å². The largest absolute Gasteiger partial charge is 0.493 e. The molecule has 1 amide bonds. The number of nitrogens with zero attached hydrogens (tertiary/aromatic N) is 2. The number of methoxy groups -OCH3 is 3. The van der Waals surface area contributed by atoms with Gasteiger partial charge in [-0.05, 0) is 48.4 Å². The van der Waals surface area contributed by atoms with Crippen LogP contribution in [0.1, 0.15) is 18.4 Å². The van der Waals surface area contributed by atoms with E-state index in [9.17, 15) is 4.79 Å². The zero-order valence-corrected chi connectivity index (χ0v) is 14.8. The van der Waals surface area contributed by atoms with Crippen LogP contribution in [0, 0.1) is 0 Å². The van der Waals surface area contributed by atoms with Crippen molar-refractivity contribution < 1.29 is 19.0 Å². The maximum absolute atomic E-state index is 12.2. The van der Waals surface area contributed by atoms with Crippen LogP contribution < -0.4 is 14.2 Å². The van der Waals surface area contributed by atoms with Gasteiger partial charge < -0.3 is 19.1 Å². The van der Waals surface area contributed by atoms with E-state index < -0.39 is 0 Å². The highest BCUT2D eigenvalue weighted by atomic mass is 32.2. The molecule has 0 N–H and O–H groups in total. The molecule has 0 aromatic heterocycles. The van der Waals surface area contributed by atoms with Crippen LogP contribution in [0.3, 0.4) is 0 Å². The molecule has 0 spiro atoms. The number of carbonyl (C=O) groups excluding carboxylic acids is 1. The topological polar surface area (TPSA) is 60.4 Å². The molecule has 1 aromatic carbocycles. The number of ether oxygens (including phenoxy) is 3. The third kappa shape index (κ3) is 3.21. The van der Waals surface area contributed by atoms with E-state index in [0.717, 1.165) is 36.7 Å². The van der Waals surface area contributed by atoms with E-state index in [1.54, 1.807) is 21.3 Å². The summed E-state index contributed by atoms with van der Waals surface area (Å²) >= 11 is 1.42. The van der Waals surface area contributed by atoms with Crippen molar-refractivity contribution >= 4 is 28.9 Å². The standard InChI is InChI=1S/C17H20N2O4S/c1-21-12-8-11(9-13(22-2)15(12)23-3)10-14-16(20)18-17(24-14)19-6-4-5-7-19/h8-10H,4-7H2,1-3H3/b14-10-. The van der Waals surface area contributed by atoms with E-state index in [1.165, 1.54) is 11.8 Å². The van der Waals surface area contributed by atoms with Crippen molar-refractivity contribution in [2.75, 3.05) is 34.4 Å². The van der Waals surface area contributed by atoms with Gasteiger partial charge in [0, 0.05) is 13.1 Å². The predicted octanol–water partition coefficient (Wildman–Crippen LogP) is 2.78. The summed E-state index contributed by atoms with van der Waals surface area (Å²) in [6.45, 7) is 1.94. The molecule has 1 fully saturated rings. The first kappa shape index (κ1) is 16.7. The fourth-order valence-corrected chi connectivity index (χ4v) is 3.74. The maximum atomic E-state index is 12.2. The average Bonchev–Trinajstić information content (AvgIpc) is 3.24.